The summed E-state index contributed by atoms with van der Waals surface area (Å²) in [4.78, 5) is 2.12. The zero-order chi connectivity index (χ0) is 25.6. The summed E-state index contributed by atoms with van der Waals surface area (Å²) in [5.41, 5.74) is 7.05. The lowest BCUT2D eigenvalue weighted by Crippen LogP contribution is -2.38. The van der Waals surface area contributed by atoms with Crippen LogP contribution in [-0.4, -0.2) is 39.3 Å². The number of ether oxygens (including phenoxy) is 1. The van der Waals surface area contributed by atoms with Crippen LogP contribution in [0, 0.1) is 0 Å². The molecule has 1 heterocycles. The standard InChI is InChI=1S/C32H32BNO3/c1-4-29(24-10-6-5-7-11-24)32(26-16-20-28(21-17-26)35-23-22-34(2)3)25-14-18-27(19-15-25)33-36-30-12-8-9-13-31(30)37-33/h5-21H,4,22-23H2,1-3H3/b32-29-. The van der Waals surface area contributed by atoms with E-state index in [4.69, 9.17) is 14.0 Å². The number of benzene rings is 4. The molecule has 0 fully saturated rings. The molecular formula is C32H32BNO3. The summed E-state index contributed by atoms with van der Waals surface area (Å²) < 4.78 is 18.0. The molecular weight excluding hydrogens is 457 g/mol. The van der Waals surface area contributed by atoms with Gasteiger partial charge in [0.05, 0.1) is 0 Å². The van der Waals surface area contributed by atoms with Crippen LogP contribution in [0.4, 0.5) is 0 Å². The average Bonchev–Trinajstić information content (AvgIpc) is 3.37. The lowest BCUT2D eigenvalue weighted by atomic mass is 9.78. The highest BCUT2D eigenvalue weighted by atomic mass is 16.6. The SMILES string of the molecule is CC/C(=C(/c1ccc(OCCN(C)C)cc1)c1ccc(B2Oc3ccccc3O2)cc1)c1ccccc1. The van der Waals surface area contributed by atoms with Gasteiger partial charge in [0.2, 0.25) is 0 Å². The summed E-state index contributed by atoms with van der Waals surface area (Å²) >= 11 is 0. The van der Waals surface area contributed by atoms with Crippen LogP contribution in [0.1, 0.15) is 30.0 Å². The predicted octanol–water partition coefficient (Wildman–Crippen LogP) is 6.16. The van der Waals surface area contributed by atoms with Crippen molar-refractivity contribution in [3.05, 3.63) is 120 Å². The van der Waals surface area contributed by atoms with Gasteiger partial charge in [-0.2, -0.15) is 0 Å². The van der Waals surface area contributed by atoms with E-state index in [-0.39, 0.29) is 0 Å². The van der Waals surface area contributed by atoms with Crippen LogP contribution in [0.2, 0.25) is 0 Å². The molecule has 0 N–H and O–H groups in total. The molecule has 0 aromatic heterocycles. The molecule has 0 aliphatic carbocycles. The summed E-state index contributed by atoms with van der Waals surface area (Å²) in [7, 11) is 3.67. The van der Waals surface area contributed by atoms with Crippen molar-refractivity contribution in [2.45, 2.75) is 13.3 Å². The highest BCUT2D eigenvalue weighted by Gasteiger charge is 2.33. The highest BCUT2D eigenvalue weighted by Crippen LogP contribution is 2.36. The van der Waals surface area contributed by atoms with Crippen molar-refractivity contribution in [1.29, 1.82) is 0 Å². The Morgan fingerprint density at radius 1 is 0.703 bits per heavy atom. The van der Waals surface area contributed by atoms with Gasteiger partial charge in [-0.3, -0.25) is 0 Å². The van der Waals surface area contributed by atoms with Crippen molar-refractivity contribution in [3.8, 4) is 17.2 Å². The second-order valence-corrected chi connectivity index (χ2v) is 9.39. The maximum Gasteiger partial charge on any atom is 0.632 e. The first-order valence-electron chi connectivity index (χ1n) is 12.8. The maximum atomic E-state index is 6.02. The van der Waals surface area contributed by atoms with E-state index in [0.717, 1.165) is 46.8 Å². The van der Waals surface area contributed by atoms with Crippen LogP contribution in [0.5, 0.6) is 17.2 Å². The first-order chi connectivity index (χ1) is 18.1. The molecule has 4 aromatic carbocycles. The van der Waals surface area contributed by atoms with Gasteiger partial charge in [0.1, 0.15) is 23.9 Å². The van der Waals surface area contributed by atoms with Crippen molar-refractivity contribution in [1.82, 2.24) is 4.90 Å². The number of nitrogens with zero attached hydrogens (tertiary/aromatic N) is 1. The molecule has 0 amide bonds. The average molecular weight is 489 g/mol. The largest absolute Gasteiger partial charge is 0.632 e. The number of likely N-dealkylation sites (N-methyl/N-ethyl adjacent to an activating group) is 1. The Bertz CT molecular complexity index is 1320. The van der Waals surface area contributed by atoms with Gasteiger partial charge in [0, 0.05) is 12.0 Å². The monoisotopic (exact) mass is 489 g/mol. The Kier molecular flexibility index (Phi) is 7.62. The van der Waals surface area contributed by atoms with E-state index in [2.05, 4.69) is 105 Å². The summed E-state index contributed by atoms with van der Waals surface area (Å²) in [6.07, 6.45) is 0.909. The van der Waals surface area contributed by atoms with Gasteiger partial charge in [-0.15, -0.1) is 0 Å². The van der Waals surface area contributed by atoms with Gasteiger partial charge in [0.15, 0.2) is 0 Å². The van der Waals surface area contributed by atoms with Crippen LogP contribution in [-0.2, 0) is 0 Å². The molecule has 4 aromatic rings. The van der Waals surface area contributed by atoms with Gasteiger partial charge in [0.25, 0.3) is 0 Å². The number of para-hydroxylation sites is 2. The zero-order valence-electron chi connectivity index (χ0n) is 21.7. The van der Waals surface area contributed by atoms with Crippen molar-refractivity contribution in [3.63, 3.8) is 0 Å². The fourth-order valence-electron chi connectivity index (χ4n) is 4.59. The van der Waals surface area contributed by atoms with E-state index >= 15 is 0 Å². The van der Waals surface area contributed by atoms with Crippen molar-refractivity contribution < 1.29 is 14.0 Å². The number of allylic oxidation sites excluding steroid dienone is 1. The van der Waals surface area contributed by atoms with Crippen LogP contribution in [0.15, 0.2) is 103 Å². The topological polar surface area (TPSA) is 30.9 Å². The maximum absolute atomic E-state index is 6.02. The number of hydrogen-bond acceptors (Lipinski definition) is 4. The van der Waals surface area contributed by atoms with E-state index < -0.39 is 7.12 Å². The summed E-state index contributed by atoms with van der Waals surface area (Å²) in [6.45, 7) is 3.76. The van der Waals surface area contributed by atoms with Crippen LogP contribution in [0.25, 0.3) is 11.1 Å². The second kappa shape index (κ2) is 11.4. The van der Waals surface area contributed by atoms with Gasteiger partial charge in [-0.25, -0.2) is 0 Å². The van der Waals surface area contributed by atoms with E-state index in [9.17, 15) is 0 Å². The Morgan fingerprint density at radius 2 is 1.27 bits per heavy atom. The number of rotatable bonds is 9. The third-order valence-electron chi connectivity index (χ3n) is 6.52. The molecule has 4 nitrogen and oxygen atoms in total. The fourth-order valence-corrected chi connectivity index (χ4v) is 4.59. The van der Waals surface area contributed by atoms with Crippen LogP contribution in [0.3, 0.4) is 0 Å². The molecule has 37 heavy (non-hydrogen) atoms. The molecule has 0 spiro atoms. The zero-order valence-corrected chi connectivity index (χ0v) is 21.7. The molecule has 0 bridgehead atoms. The van der Waals surface area contributed by atoms with Gasteiger partial charge in [-0.1, -0.05) is 85.8 Å². The molecule has 0 atom stereocenters. The highest BCUT2D eigenvalue weighted by molar-refractivity contribution is 6.63. The van der Waals surface area contributed by atoms with E-state index in [1.54, 1.807) is 0 Å². The van der Waals surface area contributed by atoms with Crippen molar-refractivity contribution in [2.24, 2.45) is 0 Å². The molecule has 5 heteroatoms. The smallest absolute Gasteiger partial charge is 0.519 e. The summed E-state index contributed by atoms with van der Waals surface area (Å²) in [6, 6.07) is 35.4. The Morgan fingerprint density at radius 3 is 1.84 bits per heavy atom. The molecule has 5 rings (SSSR count). The van der Waals surface area contributed by atoms with Crippen LogP contribution >= 0.6 is 0 Å². The first-order valence-corrected chi connectivity index (χ1v) is 12.8. The second-order valence-electron chi connectivity index (χ2n) is 9.39. The molecule has 0 saturated carbocycles. The van der Waals surface area contributed by atoms with E-state index in [1.165, 1.54) is 16.7 Å². The van der Waals surface area contributed by atoms with Crippen LogP contribution < -0.4 is 19.5 Å². The quantitative estimate of drug-likeness (QED) is 0.208. The molecule has 1 aliphatic heterocycles. The predicted molar refractivity (Wildman–Crippen MR) is 153 cm³/mol. The minimum absolute atomic E-state index is 0.433. The third kappa shape index (κ3) is 5.73. The summed E-state index contributed by atoms with van der Waals surface area (Å²) in [5, 5.41) is 0. The minimum Gasteiger partial charge on any atom is -0.519 e. The normalized spacial score (nSPS) is 13.0. The van der Waals surface area contributed by atoms with Gasteiger partial charge >= 0.3 is 7.12 Å². The number of fused-ring (bicyclic) bond motifs is 1. The molecule has 186 valence electrons. The lowest BCUT2D eigenvalue weighted by Gasteiger charge is -2.17. The van der Waals surface area contributed by atoms with E-state index in [0.29, 0.717) is 6.61 Å². The van der Waals surface area contributed by atoms with Gasteiger partial charge in [-0.05, 0) is 72.6 Å². The third-order valence-corrected chi connectivity index (χ3v) is 6.52. The molecule has 0 saturated heterocycles. The number of hydrogen-bond donors (Lipinski definition) is 0. The van der Waals surface area contributed by atoms with Crippen molar-refractivity contribution >= 4 is 23.7 Å². The fraction of sp³-hybridized carbons (Fsp3) is 0.188. The Balaban J connectivity index is 1.47. The molecule has 0 unspecified atom stereocenters. The van der Waals surface area contributed by atoms with E-state index in [1.807, 2.05) is 24.3 Å². The summed E-state index contributed by atoms with van der Waals surface area (Å²) in [5.74, 6) is 2.44. The molecule has 1 aliphatic rings. The Hall–Kier alpha value is -3.96. The molecule has 0 radical (unpaired) electrons. The van der Waals surface area contributed by atoms with Gasteiger partial charge < -0.3 is 18.9 Å². The Labute approximate surface area is 220 Å². The lowest BCUT2D eigenvalue weighted by molar-refractivity contribution is 0.261. The first kappa shape index (κ1) is 24.7. The minimum atomic E-state index is -0.433. The van der Waals surface area contributed by atoms with Crippen molar-refractivity contribution in [2.75, 3.05) is 27.2 Å².